The van der Waals surface area contributed by atoms with Crippen LogP contribution in [0, 0.1) is 0 Å². The number of hydrogen-bond acceptors (Lipinski definition) is 4. The van der Waals surface area contributed by atoms with E-state index in [-0.39, 0.29) is 31.1 Å². The van der Waals surface area contributed by atoms with Crippen molar-refractivity contribution in [2.45, 2.75) is 77.7 Å². The van der Waals surface area contributed by atoms with E-state index in [0.29, 0.717) is 6.42 Å². The lowest BCUT2D eigenvalue weighted by Gasteiger charge is -2.13. The average molecular weight is 345 g/mol. The fraction of sp³-hybridized carbons (Fsp3) is 0.750. The molecule has 6 N–H and O–H groups in total. The van der Waals surface area contributed by atoms with Crippen molar-refractivity contribution in [3.05, 3.63) is 0 Å². The van der Waals surface area contributed by atoms with Gasteiger partial charge in [0.1, 0.15) is 6.04 Å². The van der Waals surface area contributed by atoms with Gasteiger partial charge < -0.3 is 21.9 Å². The van der Waals surface area contributed by atoms with Gasteiger partial charge in [0.15, 0.2) is 0 Å². The predicted molar refractivity (Wildman–Crippen MR) is 90.9 cm³/mol. The molecule has 0 aliphatic rings. The van der Waals surface area contributed by atoms with Crippen LogP contribution in [0.3, 0.4) is 0 Å². The second-order valence-corrected chi connectivity index (χ2v) is 5.44. The van der Waals surface area contributed by atoms with Gasteiger partial charge in [-0.05, 0) is 12.8 Å². The van der Waals surface area contributed by atoms with Gasteiger partial charge in [-0.3, -0.25) is 19.2 Å². The van der Waals surface area contributed by atoms with Crippen LogP contribution in [0.5, 0.6) is 0 Å². The second kappa shape index (κ2) is 15.8. The third-order valence-corrected chi connectivity index (χ3v) is 3.17. The highest BCUT2D eigenvalue weighted by atomic mass is 16.4. The number of carbonyl (C=O) groups excluding carboxylic acids is 3. The summed E-state index contributed by atoms with van der Waals surface area (Å²) in [5.74, 6) is -2.23. The minimum Gasteiger partial charge on any atom is -0.481 e. The zero-order valence-electron chi connectivity index (χ0n) is 14.7. The number of unbranched alkanes of at least 4 members (excludes halogenated alkanes) is 4. The van der Waals surface area contributed by atoms with Crippen LogP contribution in [0.15, 0.2) is 0 Å². The number of nitrogens with two attached hydrogens (primary N) is 2. The molecule has 3 amide bonds. The molecule has 140 valence electrons. The monoisotopic (exact) mass is 345 g/mol. The number of carboxylic acid groups (broad SMARTS) is 1. The number of primary amides is 2. The fourth-order valence-electron chi connectivity index (χ4n) is 1.75. The number of carbonyl (C=O) groups is 4. The highest BCUT2D eigenvalue weighted by molar-refractivity contribution is 5.86. The standard InChI is InChI=1S/C8H14N2O4.C8H17NO/c1-2-6(11)10-5(8(9)14)3-4-7(12)13;1-2-3-4-5-6-7-8(9)10/h5H,2-4H2,1H3,(H2,9,14)(H,10,11)(H,12,13);2-7H2,1H3,(H2,9,10). The van der Waals surface area contributed by atoms with Gasteiger partial charge in [-0.15, -0.1) is 0 Å². The van der Waals surface area contributed by atoms with Crippen LogP contribution in [0.4, 0.5) is 0 Å². The topological polar surface area (TPSA) is 153 Å². The van der Waals surface area contributed by atoms with E-state index in [1.807, 2.05) is 0 Å². The maximum atomic E-state index is 10.9. The first-order valence-corrected chi connectivity index (χ1v) is 8.33. The van der Waals surface area contributed by atoms with E-state index >= 15 is 0 Å². The molecule has 0 heterocycles. The van der Waals surface area contributed by atoms with E-state index in [1.54, 1.807) is 6.92 Å². The molecular formula is C16H31N3O5. The van der Waals surface area contributed by atoms with Gasteiger partial charge >= 0.3 is 5.97 Å². The predicted octanol–water partition coefficient (Wildman–Crippen LogP) is 1.06. The second-order valence-electron chi connectivity index (χ2n) is 5.44. The number of hydrogen-bond donors (Lipinski definition) is 4. The minimum atomic E-state index is -1.03. The van der Waals surface area contributed by atoms with E-state index in [9.17, 15) is 19.2 Å². The molecule has 1 unspecified atom stereocenters. The Labute approximate surface area is 143 Å². The zero-order valence-corrected chi connectivity index (χ0v) is 14.7. The Morgan fingerprint density at radius 3 is 1.96 bits per heavy atom. The van der Waals surface area contributed by atoms with Crippen LogP contribution in [0.2, 0.25) is 0 Å². The summed E-state index contributed by atoms with van der Waals surface area (Å²) in [4.78, 5) is 42.2. The third-order valence-electron chi connectivity index (χ3n) is 3.17. The van der Waals surface area contributed by atoms with Crippen molar-refractivity contribution in [3.63, 3.8) is 0 Å². The molecule has 0 rings (SSSR count). The van der Waals surface area contributed by atoms with Crippen LogP contribution in [0.25, 0.3) is 0 Å². The summed E-state index contributed by atoms with van der Waals surface area (Å²) in [6.45, 7) is 3.80. The van der Waals surface area contributed by atoms with Crippen molar-refractivity contribution in [1.29, 1.82) is 0 Å². The number of rotatable bonds is 12. The lowest BCUT2D eigenvalue weighted by atomic mass is 10.1. The summed E-state index contributed by atoms with van der Waals surface area (Å²) < 4.78 is 0. The first-order valence-electron chi connectivity index (χ1n) is 8.33. The Morgan fingerprint density at radius 2 is 1.54 bits per heavy atom. The lowest BCUT2D eigenvalue weighted by molar-refractivity contribution is -0.137. The van der Waals surface area contributed by atoms with Gasteiger partial charge in [-0.25, -0.2) is 0 Å². The van der Waals surface area contributed by atoms with Crippen molar-refractivity contribution >= 4 is 23.7 Å². The molecule has 0 fully saturated rings. The zero-order chi connectivity index (χ0) is 19.0. The molecule has 8 heteroatoms. The molecule has 24 heavy (non-hydrogen) atoms. The van der Waals surface area contributed by atoms with E-state index in [2.05, 4.69) is 12.2 Å². The van der Waals surface area contributed by atoms with Crippen molar-refractivity contribution in [3.8, 4) is 0 Å². The smallest absolute Gasteiger partial charge is 0.303 e. The normalized spacial score (nSPS) is 10.9. The van der Waals surface area contributed by atoms with E-state index in [4.69, 9.17) is 16.6 Å². The van der Waals surface area contributed by atoms with Crippen molar-refractivity contribution in [2.24, 2.45) is 11.5 Å². The summed E-state index contributed by atoms with van der Waals surface area (Å²) >= 11 is 0. The molecule has 0 aromatic heterocycles. The maximum absolute atomic E-state index is 10.9. The Hall–Kier alpha value is -2.12. The SMILES string of the molecule is CCC(=O)NC(CCC(=O)O)C(N)=O.CCCCCCCC(N)=O. The molecule has 1 atom stereocenters. The summed E-state index contributed by atoms with van der Waals surface area (Å²) in [6.07, 6.45) is 6.50. The number of carboxylic acids is 1. The Kier molecular flexibility index (Phi) is 15.9. The molecule has 0 saturated heterocycles. The number of aliphatic carboxylic acids is 1. The van der Waals surface area contributed by atoms with E-state index in [1.165, 1.54) is 19.3 Å². The first kappa shape index (κ1) is 24.1. The molecule has 0 aliphatic carbocycles. The van der Waals surface area contributed by atoms with Gasteiger partial charge in [-0.2, -0.15) is 0 Å². The quantitative estimate of drug-likeness (QED) is 0.390. The molecule has 0 radical (unpaired) electrons. The lowest BCUT2D eigenvalue weighted by Crippen LogP contribution is -2.44. The molecule has 0 aliphatic heterocycles. The highest BCUT2D eigenvalue weighted by Gasteiger charge is 2.17. The molecule has 8 nitrogen and oxygen atoms in total. The van der Waals surface area contributed by atoms with Crippen molar-refractivity contribution < 1.29 is 24.3 Å². The Balaban J connectivity index is 0. The van der Waals surface area contributed by atoms with E-state index < -0.39 is 17.9 Å². The molecule has 0 saturated carbocycles. The van der Waals surface area contributed by atoms with Gasteiger partial charge in [0.05, 0.1) is 0 Å². The molecular weight excluding hydrogens is 314 g/mol. The fourth-order valence-corrected chi connectivity index (χ4v) is 1.75. The van der Waals surface area contributed by atoms with Crippen LogP contribution in [-0.4, -0.2) is 34.8 Å². The summed E-state index contributed by atoms with van der Waals surface area (Å²) in [6, 6.07) is -0.890. The van der Waals surface area contributed by atoms with Crippen molar-refractivity contribution in [2.75, 3.05) is 0 Å². The largest absolute Gasteiger partial charge is 0.481 e. The minimum absolute atomic E-state index is 0.0242. The maximum Gasteiger partial charge on any atom is 0.303 e. The summed E-state index contributed by atoms with van der Waals surface area (Å²) in [5, 5.41) is 10.7. The molecule has 0 bridgehead atoms. The van der Waals surface area contributed by atoms with Gasteiger partial charge in [-0.1, -0.05) is 39.5 Å². The summed E-state index contributed by atoms with van der Waals surface area (Å²) in [7, 11) is 0. The van der Waals surface area contributed by atoms with Gasteiger partial charge in [0, 0.05) is 19.3 Å². The third kappa shape index (κ3) is 17.9. The molecule has 0 aromatic carbocycles. The number of amides is 3. The molecule has 0 aromatic rings. The molecule has 0 spiro atoms. The van der Waals surface area contributed by atoms with Crippen LogP contribution < -0.4 is 16.8 Å². The first-order chi connectivity index (χ1) is 11.2. The average Bonchev–Trinajstić information content (AvgIpc) is 2.50. The van der Waals surface area contributed by atoms with Gasteiger partial charge in [0.2, 0.25) is 17.7 Å². The van der Waals surface area contributed by atoms with Crippen molar-refractivity contribution in [1.82, 2.24) is 5.32 Å². The number of nitrogens with one attached hydrogen (secondary N) is 1. The van der Waals surface area contributed by atoms with Crippen LogP contribution in [-0.2, 0) is 19.2 Å². The highest BCUT2D eigenvalue weighted by Crippen LogP contribution is 2.03. The van der Waals surface area contributed by atoms with Crippen LogP contribution >= 0.6 is 0 Å². The summed E-state index contributed by atoms with van der Waals surface area (Å²) in [5.41, 5.74) is 9.95. The Bertz CT molecular complexity index is 399. The van der Waals surface area contributed by atoms with Gasteiger partial charge in [0.25, 0.3) is 0 Å². The van der Waals surface area contributed by atoms with E-state index in [0.717, 1.165) is 12.8 Å². The van der Waals surface area contributed by atoms with Crippen LogP contribution in [0.1, 0.15) is 71.6 Å². The Morgan fingerprint density at radius 1 is 0.958 bits per heavy atom.